The number of nitrogens with zero attached hydrogens (tertiary/aromatic N) is 2. The van der Waals surface area contributed by atoms with Gasteiger partial charge in [-0.3, -0.25) is 4.99 Å². The summed E-state index contributed by atoms with van der Waals surface area (Å²) in [5.74, 6) is 0.888. The fourth-order valence-electron chi connectivity index (χ4n) is 2.98. The average molecular weight is 410 g/mol. The number of halogens is 1. The molecule has 1 unspecified atom stereocenters. The molecule has 2 saturated heterocycles. The van der Waals surface area contributed by atoms with E-state index in [0.717, 1.165) is 38.6 Å². The van der Waals surface area contributed by atoms with Gasteiger partial charge in [0.05, 0.1) is 5.60 Å². The first-order valence-electron chi connectivity index (χ1n) is 8.03. The van der Waals surface area contributed by atoms with Crippen LogP contribution in [0.15, 0.2) is 4.99 Å². The van der Waals surface area contributed by atoms with E-state index in [1.165, 1.54) is 38.8 Å². The quantitative estimate of drug-likeness (QED) is 0.413. The minimum Gasteiger partial charge on any atom is -0.373 e. The van der Waals surface area contributed by atoms with E-state index in [9.17, 15) is 0 Å². The highest BCUT2D eigenvalue weighted by Gasteiger charge is 2.29. The second-order valence-corrected chi connectivity index (χ2v) is 6.16. The van der Waals surface area contributed by atoms with Crippen LogP contribution in [0.2, 0.25) is 0 Å². The predicted octanol–water partition coefficient (Wildman–Crippen LogP) is 1.82. The summed E-state index contributed by atoms with van der Waals surface area (Å²) in [6.45, 7) is 8.45. The maximum Gasteiger partial charge on any atom is 0.191 e. The van der Waals surface area contributed by atoms with E-state index in [4.69, 9.17) is 4.74 Å². The van der Waals surface area contributed by atoms with Crippen LogP contribution in [-0.2, 0) is 4.74 Å². The zero-order valence-electron chi connectivity index (χ0n) is 13.5. The molecular formula is C15H31IN4O. The second-order valence-electron chi connectivity index (χ2n) is 6.16. The topological polar surface area (TPSA) is 48.9 Å². The van der Waals surface area contributed by atoms with E-state index in [-0.39, 0.29) is 29.6 Å². The van der Waals surface area contributed by atoms with Gasteiger partial charge in [0.2, 0.25) is 0 Å². The van der Waals surface area contributed by atoms with Gasteiger partial charge in [-0.2, -0.15) is 0 Å². The zero-order chi connectivity index (χ0) is 14.3. The number of nitrogens with one attached hydrogen (secondary N) is 2. The Morgan fingerprint density at radius 3 is 2.57 bits per heavy atom. The average Bonchev–Trinajstić information content (AvgIpc) is 2.91. The van der Waals surface area contributed by atoms with Crippen LogP contribution in [0.1, 0.15) is 39.0 Å². The second kappa shape index (κ2) is 9.84. The molecule has 0 bridgehead atoms. The van der Waals surface area contributed by atoms with Crippen molar-refractivity contribution in [2.75, 3.05) is 46.4 Å². The van der Waals surface area contributed by atoms with E-state index >= 15 is 0 Å². The van der Waals surface area contributed by atoms with Gasteiger partial charge in [-0.05, 0) is 45.7 Å². The maximum atomic E-state index is 5.78. The van der Waals surface area contributed by atoms with Crippen LogP contribution in [-0.4, -0.2) is 62.8 Å². The van der Waals surface area contributed by atoms with Crippen molar-refractivity contribution < 1.29 is 4.74 Å². The molecule has 2 rings (SSSR count). The summed E-state index contributed by atoms with van der Waals surface area (Å²) < 4.78 is 5.78. The molecule has 0 radical (unpaired) electrons. The van der Waals surface area contributed by atoms with Gasteiger partial charge in [-0.25, -0.2) is 0 Å². The van der Waals surface area contributed by atoms with Crippen LogP contribution in [0.3, 0.4) is 0 Å². The lowest BCUT2D eigenvalue weighted by Gasteiger charge is -2.27. The lowest BCUT2D eigenvalue weighted by atomic mass is 10.0. The smallest absolute Gasteiger partial charge is 0.191 e. The van der Waals surface area contributed by atoms with Crippen LogP contribution < -0.4 is 10.6 Å². The highest BCUT2D eigenvalue weighted by atomic mass is 127. The third kappa shape index (κ3) is 6.69. The third-order valence-electron chi connectivity index (χ3n) is 4.32. The van der Waals surface area contributed by atoms with Gasteiger partial charge in [-0.15, -0.1) is 24.0 Å². The van der Waals surface area contributed by atoms with E-state index in [0.29, 0.717) is 0 Å². The number of aliphatic imine (C=N–C) groups is 1. The van der Waals surface area contributed by atoms with E-state index < -0.39 is 0 Å². The Bertz CT molecular complexity index is 313. The standard InChI is InChI=1S/C15H30N4O.HI/c1-15(7-6-12-20-15)13-18-14(16-2)17-8-11-19-9-4-3-5-10-19;/h3-13H2,1-2H3,(H2,16,17,18);1H. The summed E-state index contributed by atoms with van der Waals surface area (Å²) in [5.41, 5.74) is -0.0233. The third-order valence-corrected chi connectivity index (χ3v) is 4.32. The Hall–Kier alpha value is -0.0800. The van der Waals surface area contributed by atoms with Crippen LogP contribution in [0.4, 0.5) is 0 Å². The predicted molar refractivity (Wildman–Crippen MR) is 98.7 cm³/mol. The fourth-order valence-corrected chi connectivity index (χ4v) is 2.98. The lowest BCUT2D eigenvalue weighted by Crippen LogP contribution is -2.47. The number of likely N-dealkylation sites (tertiary alicyclic amines) is 1. The van der Waals surface area contributed by atoms with E-state index in [1.807, 2.05) is 7.05 Å². The van der Waals surface area contributed by atoms with Gasteiger partial charge in [-0.1, -0.05) is 6.42 Å². The largest absolute Gasteiger partial charge is 0.373 e. The molecule has 2 heterocycles. The number of hydrogen-bond donors (Lipinski definition) is 2. The molecule has 2 fully saturated rings. The van der Waals surface area contributed by atoms with Gasteiger partial charge in [0.25, 0.3) is 0 Å². The molecule has 0 aromatic rings. The number of piperidine rings is 1. The van der Waals surface area contributed by atoms with Crippen LogP contribution >= 0.6 is 24.0 Å². The normalized spacial score (nSPS) is 27.2. The Kier molecular flexibility index (Phi) is 8.89. The van der Waals surface area contributed by atoms with Crippen molar-refractivity contribution in [3.8, 4) is 0 Å². The van der Waals surface area contributed by atoms with Crippen LogP contribution in [0, 0.1) is 0 Å². The summed E-state index contributed by atoms with van der Waals surface area (Å²) in [5, 5.41) is 6.78. The molecule has 0 aliphatic carbocycles. The molecular weight excluding hydrogens is 379 g/mol. The zero-order valence-corrected chi connectivity index (χ0v) is 15.8. The minimum absolute atomic E-state index is 0. The molecule has 21 heavy (non-hydrogen) atoms. The molecule has 2 aliphatic rings. The Morgan fingerprint density at radius 1 is 1.19 bits per heavy atom. The first kappa shape index (κ1) is 19.0. The van der Waals surface area contributed by atoms with Gasteiger partial charge in [0.1, 0.15) is 0 Å². The van der Waals surface area contributed by atoms with Crippen molar-refractivity contribution in [1.29, 1.82) is 0 Å². The van der Waals surface area contributed by atoms with Crippen LogP contribution in [0.25, 0.3) is 0 Å². The summed E-state index contributed by atoms with van der Waals surface area (Å²) in [6, 6.07) is 0. The SMILES string of the molecule is CN=C(NCCN1CCCCC1)NCC1(C)CCCO1.I. The molecule has 124 valence electrons. The number of guanidine groups is 1. The lowest BCUT2D eigenvalue weighted by molar-refractivity contribution is 0.0243. The molecule has 0 aromatic heterocycles. The summed E-state index contributed by atoms with van der Waals surface area (Å²) in [6.07, 6.45) is 6.39. The first-order chi connectivity index (χ1) is 9.72. The van der Waals surface area contributed by atoms with Gasteiger partial charge < -0.3 is 20.3 Å². The van der Waals surface area contributed by atoms with Crippen molar-refractivity contribution >= 4 is 29.9 Å². The number of ether oxygens (including phenoxy) is 1. The molecule has 5 nitrogen and oxygen atoms in total. The molecule has 0 amide bonds. The Morgan fingerprint density at radius 2 is 1.95 bits per heavy atom. The van der Waals surface area contributed by atoms with Crippen molar-refractivity contribution in [2.45, 2.75) is 44.6 Å². The fraction of sp³-hybridized carbons (Fsp3) is 0.933. The number of hydrogen-bond acceptors (Lipinski definition) is 3. The summed E-state index contributed by atoms with van der Waals surface area (Å²) in [4.78, 5) is 6.82. The molecule has 0 saturated carbocycles. The molecule has 0 spiro atoms. The van der Waals surface area contributed by atoms with Crippen molar-refractivity contribution in [3.05, 3.63) is 0 Å². The monoisotopic (exact) mass is 410 g/mol. The number of rotatable bonds is 5. The first-order valence-corrected chi connectivity index (χ1v) is 8.03. The van der Waals surface area contributed by atoms with Crippen molar-refractivity contribution in [2.24, 2.45) is 4.99 Å². The summed E-state index contributed by atoms with van der Waals surface area (Å²) in [7, 11) is 1.83. The minimum atomic E-state index is -0.0233. The van der Waals surface area contributed by atoms with Crippen molar-refractivity contribution in [1.82, 2.24) is 15.5 Å². The Labute approximate surface area is 146 Å². The highest BCUT2D eigenvalue weighted by molar-refractivity contribution is 14.0. The molecule has 6 heteroatoms. The van der Waals surface area contributed by atoms with E-state index in [1.54, 1.807) is 0 Å². The van der Waals surface area contributed by atoms with Crippen LogP contribution in [0.5, 0.6) is 0 Å². The van der Waals surface area contributed by atoms with E-state index in [2.05, 4.69) is 27.4 Å². The summed E-state index contributed by atoms with van der Waals surface area (Å²) >= 11 is 0. The molecule has 2 N–H and O–H groups in total. The van der Waals surface area contributed by atoms with Crippen molar-refractivity contribution in [3.63, 3.8) is 0 Å². The Balaban J connectivity index is 0.00000220. The van der Waals surface area contributed by atoms with Gasteiger partial charge in [0, 0.05) is 33.3 Å². The molecule has 1 atom stereocenters. The molecule has 2 aliphatic heterocycles. The van der Waals surface area contributed by atoms with Gasteiger partial charge in [0.15, 0.2) is 5.96 Å². The molecule has 0 aromatic carbocycles. The highest BCUT2D eigenvalue weighted by Crippen LogP contribution is 2.23. The van der Waals surface area contributed by atoms with Gasteiger partial charge >= 0.3 is 0 Å². The maximum absolute atomic E-state index is 5.78.